The van der Waals surface area contributed by atoms with Crippen molar-refractivity contribution in [1.82, 2.24) is 0 Å². The van der Waals surface area contributed by atoms with E-state index in [0.29, 0.717) is 18.4 Å². The minimum Gasteiger partial charge on any atom is -0.480 e. The van der Waals surface area contributed by atoms with Gasteiger partial charge in [-0.15, -0.1) is 0 Å². The molecule has 3 N–H and O–H groups in total. The third kappa shape index (κ3) is 12.5. The molecule has 5 atom stereocenters. The molecule has 0 aliphatic rings. The first kappa shape index (κ1) is 34.5. The van der Waals surface area contributed by atoms with Gasteiger partial charge >= 0.3 is 24.4 Å². The summed E-state index contributed by atoms with van der Waals surface area (Å²) in [6.45, 7) is 14.4. The van der Waals surface area contributed by atoms with Gasteiger partial charge in [0, 0.05) is 5.92 Å². The van der Waals surface area contributed by atoms with Crippen molar-refractivity contribution in [3.05, 3.63) is 23.8 Å². The zero-order chi connectivity index (χ0) is 30.6. The fraction of sp³-hybridized carbons (Fsp3) is 0.643. The van der Waals surface area contributed by atoms with Gasteiger partial charge in [-0.05, 0) is 63.1 Å². The van der Waals surface area contributed by atoms with Crippen LogP contribution in [-0.2, 0) is 23.7 Å². The van der Waals surface area contributed by atoms with Crippen molar-refractivity contribution in [2.24, 2.45) is 11.1 Å². The van der Waals surface area contributed by atoms with E-state index in [2.05, 4.69) is 0 Å². The number of carboxylic acids is 1. The number of hydrogen-bond donors (Lipinski definition) is 2. The van der Waals surface area contributed by atoms with Gasteiger partial charge in [0.2, 0.25) is 0 Å². The highest BCUT2D eigenvalue weighted by Gasteiger charge is 2.31. The second kappa shape index (κ2) is 15.9. The second-order valence-corrected chi connectivity index (χ2v) is 10.8. The first-order valence-electron chi connectivity index (χ1n) is 13.3. The van der Waals surface area contributed by atoms with Gasteiger partial charge in [-0.25, -0.2) is 14.4 Å². The Bertz CT molecular complexity index is 1000. The lowest BCUT2D eigenvalue weighted by Gasteiger charge is -2.25. The molecule has 1 aromatic rings. The fourth-order valence-corrected chi connectivity index (χ4v) is 3.18. The smallest absolute Gasteiger partial charge is 0.480 e. The van der Waals surface area contributed by atoms with Crippen LogP contribution in [0.5, 0.6) is 11.5 Å². The summed E-state index contributed by atoms with van der Waals surface area (Å²) in [5.41, 5.74) is 6.05. The lowest BCUT2D eigenvalue weighted by Crippen LogP contribution is -2.38. The van der Waals surface area contributed by atoms with Gasteiger partial charge in [0.05, 0.1) is 6.61 Å². The molecule has 0 aliphatic heterocycles. The maximum Gasteiger partial charge on any atom is 0.514 e. The van der Waals surface area contributed by atoms with Gasteiger partial charge in [0.25, 0.3) is 0 Å². The van der Waals surface area contributed by atoms with Crippen LogP contribution in [0, 0.1) is 5.41 Å². The molecular formula is C28H43NO11. The first-order chi connectivity index (χ1) is 18.6. The molecule has 1 aromatic carbocycles. The number of carboxylic acid groups (broad SMARTS) is 1. The van der Waals surface area contributed by atoms with Crippen LogP contribution in [0.4, 0.5) is 14.4 Å². The molecule has 0 saturated heterocycles. The Labute approximate surface area is 235 Å². The molecule has 1 rings (SSSR count). The summed E-state index contributed by atoms with van der Waals surface area (Å²) in [6, 6.07) is 2.70. The van der Waals surface area contributed by atoms with E-state index < -0.39 is 54.7 Å². The van der Waals surface area contributed by atoms with Crippen molar-refractivity contribution in [2.45, 2.75) is 105 Å². The van der Waals surface area contributed by atoms with Crippen molar-refractivity contribution in [1.29, 1.82) is 0 Å². The van der Waals surface area contributed by atoms with E-state index in [0.717, 1.165) is 0 Å². The topological polar surface area (TPSA) is 170 Å². The van der Waals surface area contributed by atoms with Crippen LogP contribution in [0.3, 0.4) is 0 Å². The van der Waals surface area contributed by atoms with Crippen molar-refractivity contribution in [3.63, 3.8) is 0 Å². The number of nitrogens with two attached hydrogens (primary N) is 1. The Morgan fingerprint density at radius 2 is 1.32 bits per heavy atom. The first-order valence-corrected chi connectivity index (χ1v) is 13.3. The van der Waals surface area contributed by atoms with Crippen molar-refractivity contribution < 1.29 is 52.7 Å². The number of carbonyl (C=O) groups excluding carboxylic acids is 3. The lowest BCUT2D eigenvalue weighted by atomic mass is 9.87. The van der Waals surface area contributed by atoms with E-state index in [1.807, 2.05) is 34.6 Å². The molecular weight excluding hydrogens is 526 g/mol. The minimum atomic E-state index is -1.42. The molecule has 0 heterocycles. The zero-order valence-corrected chi connectivity index (χ0v) is 24.6. The van der Waals surface area contributed by atoms with Crippen LogP contribution in [0.2, 0.25) is 0 Å². The molecule has 12 nitrogen and oxygen atoms in total. The predicted octanol–water partition coefficient (Wildman–Crippen LogP) is 5.79. The Hall–Kier alpha value is -3.54. The predicted molar refractivity (Wildman–Crippen MR) is 144 cm³/mol. The third-order valence-corrected chi connectivity index (χ3v) is 5.75. The number of rotatable bonds is 13. The van der Waals surface area contributed by atoms with Crippen molar-refractivity contribution in [2.75, 3.05) is 6.61 Å². The maximum absolute atomic E-state index is 12.4. The molecule has 0 saturated carbocycles. The Balaban J connectivity index is 3.29. The van der Waals surface area contributed by atoms with Gasteiger partial charge in [0.15, 0.2) is 11.5 Å². The SMILES string of the molecule is CCC(C)OC(=O)Oc1ccc(C(CC(C)OC(=O)OCC(C)(C)C)[C@H](N)C(=O)O)cc1OC(=O)OC(C)CC. The second-order valence-electron chi connectivity index (χ2n) is 10.8. The number of ether oxygens (including phenoxy) is 6. The van der Waals surface area contributed by atoms with E-state index >= 15 is 0 Å². The Kier molecular flexibility index (Phi) is 13.7. The summed E-state index contributed by atoms with van der Waals surface area (Å²) in [7, 11) is 0. The van der Waals surface area contributed by atoms with Crippen LogP contribution in [0.25, 0.3) is 0 Å². The average Bonchev–Trinajstić information content (AvgIpc) is 2.85. The van der Waals surface area contributed by atoms with Gasteiger partial charge in [-0.3, -0.25) is 4.79 Å². The van der Waals surface area contributed by atoms with E-state index in [1.54, 1.807) is 20.8 Å². The van der Waals surface area contributed by atoms with Gasteiger partial charge in [-0.1, -0.05) is 40.7 Å². The van der Waals surface area contributed by atoms with Crippen LogP contribution in [0.1, 0.15) is 86.1 Å². The number of benzene rings is 1. The van der Waals surface area contributed by atoms with Crippen molar-refractivity contribution in [3.8, 4) is 11.5 Å². The minimum absolute atomic E-state index is 0.00883. The largest absolute Gasteiger partial charge is 0.514 e. The highest BCUT2D eigenvalue weighted by Crippen LogP contribution is 2.35. The summed E-state index contributed by atoms with van der Waals surface area (Å²) in [6.07, 6.45) is -3.54. The molecule has 0 radical (unpaired) electrons. The fourth-order valence-electron chi connectivity index (χ4n) is 3.18. The summed E-state index contributed by atoms with van der Waals surface area (Å²) < 4.78 is 31.3. The molecule has 0 bridgehead atoms. The number of aliphatic carboxylic acids is 1. The van der Waals surface area contributed by atoms with Crippen LogP contribution < -0.4 is 15.2 Å². The monoisotopic (exact) mass is 569 g/mol. The summed E-state index contributed by atoms with van der Waals surface area (Å²) >= 11 is 0. The normalized spacial score (nSPS) is 15.0. The van der Waals surface area contributed by atoms with Crippen molar-refractivity contribution >= 4 is 24.4 Å². The Morgan fingerprint density at radius 1 is 0.825 bits per heavy atom. The van der Waals surface area contributed by atoms with Gasteiger partial charge in [-0.2, -0.15) is 0 Å². The third-order valence-electron chi connectivity index (χ3n) is 5.75. The average molecular weight is 570 g/mol. The highest BCUT2D eigenvalue weighted by atomic mass is 16.8. The number of hydrogen-bond acceptors (Lipinski definition) is 11. The molecule has 226 valence electrons. The highest BCUT2D eigenvalue weighted by molar-refractivity contribution is 5.75. The molecule has 4 unspecified atom stereocenters. The van der Waals surface area contributed by atoms with Gasteiger partial charge < -0.3 is 39.3 Å². The quantitative estimate of drug-likeness (QED) is 0.167. The van der Waals surface area contributed by atoms with E-state index in [4.69, 9.17) is 34.2 Å². The molecule has 0 fully saturated rings. The van der Waals surface area contributed by atoms with E-state index in [-0.39, 0.29) is 29.9 Å². The van der Waals surface area contributed by atoms with Gasteiger partial charge in [0.1, 0.15) is 24.4 Å². The van der Waals surface area contributed by atoms with Crippen LogP contribution >= 0.6 is 0 Å². The molecule has 40 heavy (non-hydrogen) atoms. The molecule has 0 aliphatic carbocycles. The summed E-state index contributed by atoms with van der Waals surface area (Å²) in [5, 5.41) is 9.66. The maximum atomic E-state index is 12.4. The molecule has 0 amide bonds. The molecule has 12 heteroatoms. The zero-order valence-electron chi connectivity index (χ0n) is 24.6. The van der Waals surface area contributed by atoms with E-state index in [1.165, 1.54) is 18.2 Å². The molecule has 0 spiro atoms. The van der Waals surface area contributed by atoms with Crippen LogP contribution in [-0.4, -0.2) is 60.5 Å². The standard InChI is InChI=1S/C28H43NO11/c1-9-16(3)36-26(33)39-21-12-11-19(14-22(21)40-27(34)37-17(4)10-2)20(23(29)24(30)31)13-18(5)38-25(32)35-15-28(6,7)8/h11-12,14,16-18,20,23H,9-10,13,15,29H2,1-8H3,(H,30,31)/t16?,17?,18?,20?,23-/m0/s1. The van der Waals surface area contributed by atoms with E-state index in [9.17, 15) is 24.3 Å². The lowest BCUT2D eigenvalue weighted by molar-refractivity contribution is -0.139. The summed E-state index contributed by atoms with van der Waals surface area (Å²) in [4.78, 5) is 48.6. The van der Waals surface area contributed by atoms with Crippen LogP contribution in [0.15, 0.2) is 18.2 Å². The molecule has 0 aromatic heterocycles. The Morgan fingerprint density at radius 3 is 1.80 bits per heavy atom. The summed E-state index contributed by atoms with van der Waals surface area (Å²) in [5.74, 6) is -2.58. The number of carbonyl (C=O) groups is 4.